The van der Waals surface area contributed by atoms with Crippen molar-refractivity contribution in [3.8, 4) is 11.5 Å². The topological polar surface area (TPSA) is 68.7 Å². The molecule has 1 N–H and O–H groups in total. The zero-order valence-corrected chi connectivity index (χ0v) is 19.8. The van der Waals surface area contributed by atoms with Crippen LogP contribution >= 0.6 is 35.4 Å². The van der Waals surface area contributed by atoms with Crippen molar-refractivity contribution in [1.82, 2.24) is 14.9 Å². The van der Waals surface area contributed by atoms with Crippen molar-refractivity contribution in [2.75, 3.05) is 25.6 Å². The lowest BCUT2D eigenvalue weighted by Crippen LogP contribution is -2.44. The molecule has 0 radical (unpaired) electrons. The number of methoxy groups -OCH3 is 1. The second-order valence-corrected chi connectivity index (χ2v) is 8.91. The Bertz CT molecular complexity index is 1250. The van der Waals surface area contributed by atoms with Gasteiger partial charge in [-0.3, -0.25) is 0 Å². The van der Waals surface area contributed by atoms with Crippen molar-refractivity contribution in [2.45, 2.75) is 25.0 Å². The van der Waals surface area contributed by atoms with Crippen LogP contribution in [0.5, 0.6) is 11.5 Å². The lowest BCUT2D eigenvalue weighted by atomic mass is 10.0. The lowest BCUT2D eigenvalue weighted by Gasteiger charge is -2.33. The Labute approximate surface area is 204 Å². The number of ether oxygens (including phenoxy) is 3. The minimum absolute atomic E-state index is 0.0318. The fraction of sp³-hybridized carbons (Fsp3) is 0.318. The summed E-state index contributed by atoms with van der Waals surface area (Å²) in [6.45, 7) is 1.35. The average molecular weight is 509 g/mol. The van der Waals surface area contributed by atoms with Crippen LogP contribution in [-0.2, 0) is 4.74 Å². The van der Waals surface area contributed by atoms with Gasteiger partial charge in [-0.1, -0.05) is 23.2 Å². The third-order valence-corrected chi connectivity index (χ3v) is 6.94. The first-order valence-corrected chi connectivity index (χ1v) is 11.4. The van der Waals surface area contributed by atoms with E-state index in [0.29, 0.717) is 40.0 Å². The van der Waals surface area contributed by atoms with E-state index < -0.39 is 5.82 Å². The number of fused-ring (bicyclic) bond motifs is 2. The van der Waals surface area contributed by atoms with Gasteiger partial charge in [-0.2, -0.15) is 0 Å². The van der Waals surface area contributed by atoms with Crippen LogP contribution in [0.25, 0.3) is 10.9 Å². The van der Waals surface area contributed by atoms with Crippen LogP contribution in [0.3, 0.4) is 0 Å². The van der Waals surface area contributed by atoms with Crippen molar-refractivity contribution in [2.24, 2.45) is 0 Å². The van der Waals surface area contributed by atoms with E-state index in [1.54, 1.807) is 19.2 Å². The molecule has 172 valence electrons. The first kappa shape index (κ1) is 22.2. The molecular weight excluding hydrogens is 490 g/mol. The van der Waals surface area contributed by atoms with Gasteiger partial charge in [0.2, 0.25) is 0 Å². The predicted octanol–water partition coefficient (Wildman–Crippen LogP) is 5.35. The Hall–Kier alpha value is -2.62. The van der Waals surface area contributed by atoms with Crippen molar-refractivity contribution in [1.29, 1.82) is 0 Å². The molecule has 0 saturated carbocycles. The van der Waals surface area contributed by atoms with Gasteiger partial charge >= 0.3 is 0 Å². The molecule has 2 unspecified atom stereocenters. The van der Waals surface area contributed by atoms with E-state index in [9.17, 15) is 4.39 Å². The summed E-state index contributed by atoms with van der Waals surface area (Å²) < 4.78 is 32.0. The first-order chi connectivity index (χ1) is 15.9. The van der Waals surface area contributed by atoms with Gasteiger partial charge in [0, 0.05) is 30.8 Å². The molecule has 0 spiro atoms. The number of hydrogen-bond donors (Lipinski definition) is 1. The summed E-state index contributed by atoms with van der Waals surface area (Å²) in [5.41, 5.74) is 0.758. The molecule has 3 aromatic rings. The van der Waals surface area contributed by atoms with Gasteiger partial charge in [-0.25, -0.2) is 14.4 Å². The van der Waals surface area contributed by atoms with Gasteiger partial charge in [-0.05, 0) is 30.4 Å². The number of thiocarbonyl (C=S) groups is 1. The number of benzene rings is 2. The molecule has 33 heavy (non-hydrogen) atoms. The number of nitrogens with zero attached hydrogens (tertiary/aromatic N) is 3. The predicted molar refractivity (Wildman–Crippen MR) is 128 cm³/mol. The lowest BCUT2D eigenvalue weighted by molar-refractivity contribution is 0.100. The van der Waals surface area contributed by atoms with Crippen LogP contribution in [-0.4, -0.2) is 52.4 Å². The summed E-state index contributed by atoms with van der Waals surface area (Å²) in [6.07, 6.45) is 2.94. The molecule has 1 aromatic heterocycles. The fourth-order valence-electron chi connectivity index (χ4n) is 4.11. The van der Waals surface area contributed by atoms with Crippen LogP contribution in [0.15, 0.2) is 30.6 Å². The van der Waals surface area contributed by atoms with Crippen molar-refractivity contribution < 1.29 is 18.6 Å². The van der Waals surface area contributed by atoms with Gasteiger partial charge in [-0.15, -0.1) is 0 Å². The highest BCUT2D eigenvalue weighted by Crippen LogP contribution is 2.38. The molecule has 2 atom stereocenters. The molecule has 0 bridgehead atoms. The van der Waals surface area contributed by atoms with Crippen molar-refractivity contribution >= 4 is 63.0 Å². The molecule has 0 amide bonds. The zero-order valence-electron chi connectivity index (χ0n) is 17.5. The SMILES string of the molecule is COc1cc2ncnc(Nc3ccc(Cl)c(Cl)c3F)c2cc1OC1CCN2C(=S)OCC2C1. The molecule has 7 nitrogen and oxygen atoms in total. The molecule has 2 aromatic carbocycles. The van der Waals surface area contributed by atoms with Crippen LogP contribution in [0.4, 0.5) is 15.9 Å². The number of halogens is 3. The third kappa shape index (κ3) is 4.20. The Morgan fingerprint density at radius 1 is 1.24 bits per heavy atom. The summed E-state index contributed by atoms with van der Waals surface area (Å²) in [6, 6.07) is 6.79. The van der Waals surface area contributed by atoms with E-state index in [0.717, 1.165) is 19.4 Å². The maximum atomic E-state index is 14.6. The van der Waals surface area contributed by atoms with Crippen LogP contribution < -0.4 is 14.8 Å². The van der Waals surface area contributed by atoms with Gasteiger partial charge in [0.05, 0.1) is 34.4 Å². The van der Waals surface area contributed by atoms with Gasteiger partial charge in [0.15, 0.2) is 17.3 Å². The van der Waals surface area contributed by atoms with Crippen molar-refractivity contribution in [3.63, 3.8) is 0 Å². The number of piperidine rings is 1. The highest BCUT2D eigenvalue weighted by Gasteiger charge is 2.37. The van der Waals surface area contributed by atoms with E-state index in [1.165, 1.54) is 18.5 Å². The Morgan fingerprint density at radius 2 is 2.09 bits per heavy atom. The minimum atomic E-state index is -0.663. The Kier molecular flexibility index (Phi) is 6.03. The van der Waals surface area contributed by atoms with Gasteiger partial charge in [0.25, 0.3) is 5.17 Å². The van der Waals surface area contributed by atoms with E-state index >= 15 is 0 Å². The molecular formula is C22H19Cl2FN4O3S. The van der Waals surface area contributed by atoms with Crippen LogP contribution in [0, 0.1) is 5.82 Å². The van der Waals surface area contributed by atoms with Gasteiger partial charge < -0.3 is 24.4 Å². The molecule has 2 saturated heterocycles. The minimum Gasteiger partial charge on any atom is -0.493 e. The summed E-state index contributed by atoms with van der Waals surface area (Å²) >= 11 is 17.1. The fourth-order valence-corrected chi connectivity index (χ4v) is 4.73. The molecule has 0 aliphatic carbocycles. The second kappa shape index (κ2) is 8.96. The number of nitrogens with one attached hydrogen (secondary N) is 1. The van der Waals surface area contributed by atoms with E-state index in [1.807, 2.05) is 0 Å². The third-order valence-electron chi connectivity index (χ3n) is 5.80. The average Bonchev–Trinajstić information content (AvgIpc) is 3.19. The van der Waals surface area contributed by atoms with Gasteiger partial charge in [0.1, 0.15) is 24.9 Å². The molecule has 3 heterocycles. The normalized spacial score (nSPS) is 19.9. The van der Waals surface area contributed by atoms with Crippen LogP contribution in [0.2, 0.25) is 10.0 Å². The summed E-state index contributed by atoms with van der Waals surface area (Å²) in [5, 5.41) is 4.16. The number of aromatic nitrogens is 2. The van der Waals surface area contributed by atoms with E-state index in [-0.39, 0.29) is 27.9 Å². The Balaban J connectivity index is 1.46. The smallest absolute Gasteiger partial charge is 0.259 e. The number of hydrogen-bond acceptors (Lipinski definition) is 7. The second-order valence-electron chi connectivity index (χ2n) is 7.78. The molecule has 2 fully saturated rings. The number of anilines is 2. The van der Waals surface area contributed by atoms with E-state index in [2.05, 4.69) is 20.2 Å². The maximum absolute atomic E-state index is 14.6. The molecule has 2 aliphatic heterocycles. The first-order valence-electron chi connectivity index (χ1n) is 10.3. The molecule has 11 heteroatoms. The highest BCUT2D eigenvalue weighted by atomic mass is 35.5. The summed E-state index contributed by atoms with van der Waals surface area (Å²) in [5.74, 6) is 0.837. The van der Waals surface area contributed by atoms with E-state index in [4.69, 9.17) is 49.6 Å². The molecule has 5 rings (SSSR count). The number of rotatable bonds is 5. The van der Waals surface area contributed by atoms with Crippen LogP contribution in [0.1, 0.15) is 12.8 Å². The largest absolute Gasteiger partial charge is 0.493 e. The Morgan fingerprint density at radius 3 is 2.91 bits per heavy atom. The maximum Gasteiger partial charge on any atom is 0.259 e. The summed E-state index contributed by atoms with van der Waals surface area (Å²) in [7, 11) is 1.57. The van der Waals surface area contributed by atoms with Crippen molar-refractivity contribution in [3.05, 3.63) is 46.5 Å². The standard InChI is InChI=1S/C22H19Cl2FN4O3S/c1-30-17-8-16-13(7-18(17)32-12-4-5-29-11(6-12)9-31-22(29)33)21(27-10-26-16)28-15-3-2-14(23)19(24)20(15)25/h2-3,7-8,10-12H,4-6,9H2,1H3,(H,26,27,28). The highest BCUT2D eigenvalue weighted by molar-refractivity contribution is 7.80. The quantitative estimate of drug-likeness (QED) is 0.365. The monoisotopic (exact) mass is 508 g/mol. The summed E-state index contributed by atoms with van der Waals surface area (Å²) in [4.78, 5) is 10.7. The molecule has 2 aliphatic rings. The zero-order chi connectivity index (χ0) is 23.1.